The van der Waals surface area contributed by atoms with E-state index in [-0.39, 0.29) is 18.4 Å². The normalized spacial score (nSPS) is 17.0. The highest BCUT2D eigenvalue weighted by atomic mass is 35.5. The summed E-state index contributed by atoms with van der Waals surface area (Å²) in [6.45, 7) is 5.63. The fraction of sp³-hybridized carbons (Fsp3) is 0.526. The van der Waals surface area contributed by atoms with Gasteiger partial charge in [-0.1, -0.05) is 35.4 Å². The van der Waals surface area contributed by atoms with Crippen LogP contribution in [0.4, 0.5) is 0 Å². The first kappa shape index (κ1) is 21.0. The molecule has 24 heavy (non-hydrogen) atoms. The van der Waals surface area contributed by atoms with Crippen LogP contribution < -0.4 is 12.4 Å². The highest BCUT2D eigenvalue weighted by Gasteiger charge is 2.31. The van der Waals surface area contributed by atoms with Gasteiger partial charge in [-0.25, -0.2) is 4.79 Å². The van der Waals surface area contributed by atoms with Crippen molar-refractivity contribution >= 4 is 17.6 Å². The number of methoxy groups -OCH3 is 1. The largest absolute Gasteiger partial charge is 1.00 e. The molecule has 1 fully saturated rings. The molecule has 0 unspecified atom stereocenters. The lowest BCUT2D eigenvalue weighted by Crippen LogP contribution is -3.00. The molecule has 0 spiro atoms. The molecule has 0 atom stereocenters. The minimum Gasteiger partial charge on any atom is -1.00 e. The van der Waals surface area contributed by atoms with E-state index in [9.17, 15) is 4.79 Å². The van der Waals surface area contributed by atoms with Crippen molar-refractivity contribution in [2.45, 2.75) is 32.6 Å². The Morgan fingerprint density at radius 2 is 1.92 bits per heavy atom. The minimum absolute atomic E-state index is 0. The van der Waals surface area contributed by atoms with Gasteiger partial charge in [0, 0.05) is 5.02 Å². The lowest BCUT2D eigenvalue weighted by atomic mass is 10.0. The topological polar surface area (TPSA) is 26.3 Å². The summed E-state index contributed by atoms with van der Waals surface area (Å²) in [6.07, 6.45) is 6.78. The Labute approximate surface area is 156 Å². The maximum absolute atomic E-state index is 11.8. The lowest BCUT2D eigenvalue weighted by molar-refractivity contribution is -0.920. The Bertz CT molecular complexity index is 566. The van der Waals surface area contributed by atoms with Gasteiger partial charge in [0.2, 0.25) is 0 Å². The molecule has 5 heteroatoms. The highest BCUT2D eigenvalue weighted by molar-refractivity contribution is 6.31. The predicted molar refractivity (Wildman–Crippen MR) is 94.5 cm³/mol. The van der Waals surface area contributed by atoms with Gasteiger partial charge in [-0.05, 0) is 50.3 Å². The van der Waals surface area contributed by atoms with Crippen molar-refractivity contribution in [2.75, 3.05) is 33.3 Å². The molecule has 2 rings (SSSR count). The summed E-state index contributed by atoms with van der Waals surface area (Å²) in [4.78, 5) is 11.8. The quantitative estimate of drug-likeness (QED) is 0.423. The second-order valence-corrected chi connectivity index (χ2v) is 6.99. The first-order valence-electron chi connectivity index (χ1n) is 8.36. The third-order valence-electron chi connectivity index (χ3n) is 4.71. The SMILES string of the molecule is COC(=O)C[N+]1(C/C=C(/C)Cc2ccccc2Cl)CCCCC1.[Cl-]. The molecule has 1 aliphatic rings. The average molecular weight is 372 g/mol. The molecule has 134 valence electrons. The van der Waals surface area contributed by atoms with E-state index in [1.807, 2.05) is 18.2 Å². The number of hydrogen-bond acceptors (Lipinski definition) is 2. The smallest absolute Gasteiger partial charge is 0.361 e. The summed E-state index contributed by atoms with van der Waals surface area (Å²) in [7, 11) is 1.47. The lowest BCUT2D eigenvalue weighted by Gasteiger charge is -2.40. The number of quaternary nitrogens is 1. The van der Waals surface area contributed by atoms with Crippen LogP contribution in [0.2, 0.25) is 5.02 Å². The Hall–Kier alpha value is -1.03. The number of esters is 1. The van der Waals surface area contributed by atoms with Crippen molar-refractivity contribution in [1.82, 2.24) is 0 Å². The number of allylic oxidation sites excluding steroid dienone is 1. The zero-order valence-electron chi connectivity index (χ0n) is 14.6. The van der Waals surface area contributed by atoms with Crippen molar-refractivity contribution in [3.8, 4) is 0 Å². The minimum atomic E-state index is -0.107. The predicted octanol–water partition coefficient (Wildman–Crippen LogP) is 1.01. The fourth-order valence-corrected chi connectivity index (χ4v) is 3.49. The Morgan fingerprint density at radius 3 is 2.54 bits per heavy atom. The molecule has 0 bridgehead atoms. The van der Waals surface area contributed by atoms with Crippen molar-refractivity contribution in [3.63, 3.8) is 0 Å². The number of hydrogen-bond donors (Lipinski definition) is 0. The molecule has 0 aromatic heterocycles. The summed E-state index contributed by atoms with van der Waals surface area (Å²) in [5.41, 5.74) is 2.45. The summed E-state index contributed by atoms with van der Waals surface area (Å²) in [6, 6.07) is 7.97. The van der Waals surface area contributed by atoms with Crippen molar-refractivity contribution in [1.29, 1.82) is 0 Å². The number of carbonyl (C=O) groups excluding carboxylic acids is 1. The average Bonchev–Trinajstić information content (AvgIpc) is 2.56. The van der Waals surface area contributed by atoms with E-state index in [4.69, 9.17) is 16.3 Å². The molecule has 1 heterocycles. The zero-order valence-corrected chi connectivity index (χ0v) is 16.1. The Morgan fingerprint density at radius 1 is 1.25 bits per heavy atom. The Balaban J connectivity index is 0.00000288. The van der Waals surface area contributed by atoms with Gasteiger partial charge >= 0.3 is 5.97 Å². The number of nitrogens with zero attached hydrogens (tertiary/aromatic N) is 1. The zero-order chi connectivity index (χ0) is 16.7. The molecule has 1 aromatic rings. The standard InChI is InChI=1S/C19H27ClNO2.ClH/c1-16(14-17-8-4-5-9-18(17)20)10-13-21(15-19(22)23-2)11-6-3-7-12-21;/h4-5,8-10H,3,6-7,11-15H2,1-2H3;1H/q+1;/p-1/b16-10-;. The molecule has 1 aliphatic heterocycles. The first-order valence-corrected chi connectivity index (χ1v) is 8.73. The number of benzene rings is 1. The second-order valence-electron chi connectivity index (χ2n) is 6.58. The number of rotatable bonds is 6. The van der Waals surface area contributed by atoms with Gasteiger partial charge in [0.15, 0.2) is 6.54 Å². The van der Waals surface area contributed by atoms with Gasteiger partial charge in [-0.15, -0.1) is 0 Å². The summed E-state index contributed by atoms with van der Waals surface area (Å²) in [5, 5.41) is 0.816. The maximum Gasteiger partial charge on any atom is 0.361 e. The molecule has 0 aliphatic carbocycles. The first-order chi connectivity index (χ1) is 11.0. The van der Waals surface area contributed by atoms with Crippen molar-refractivity contribution in [2.24, 2.45) is 0 Å². The molecular weight excluding hydrogens is 345 g/mol. The van der Waals surface area contributed by atoms with E-state index >= 15 is 0 Å². The van der Waals surface area contributed by atoms with Gasteiger partial charge < -0.3 is 21.6 Å². The molecule has 0 radical (unpaired) electrons. The van der Waals surface area contributed by atoms with Gasteiger partial charge in [0.25, 0.3) is 0 Å². The van der Waals surface area contributed by atoms with Gasteiger partial charge in [0.1, 0.15) is 0 Å². The molecule has 0 N–H and O–H groups in total. The molecule has 1 saturated heterocycles. The third-order valence-corrected chi connectivity index (χ3v) is 5.08. The van der Waals surface area contributed by atoms with Gasteiger partial charge in [0.05, 0.1) is 26.7 Å². The van der Waals surface area contributed by atoms with Crippen LogP contribution in [0.15, 0.2) is 35.9 Å². The van der Waals surface area contributed by atoms with E-state index in [2.05, 4.69) is 19.1 Å². The van der Waals surface area contributed by atoms with E-state index in [0.717, 1.165) is 41.1 Å². The molecule has 3 nitrogen and oxygen atoms in total. The van der Waals surface area contributed by atoms with Gasteiger partial charge in [-0.2, -0.15) is 0 Å². The molecule has 1 aromatic carbocycles. The third kappa shape index (κ3) is 6.12. The van der Waals surface area contributed by atoms with E-state index in [0.29, 0.717) is 6.54 Å². The number of halogens is 2. The van der Waals surface area contributed by atoms with Crippen LogP contribution >= 0.6 is 11.6 Å². The van der Waals surface area contributed by atoms with Crippen LogP contribution in [0.25, 0.3) is 0 Å². The molecule has 0 saturated carbocycles. The van der Waals surface area contributed by atoms with Crippen LogP contribution in [0.1, 0.15) is 31.7 Å². The molecule has 0 amide bonds. The van der Waals surface area contributed by atoms with E-state index in [1.165, 1.54) is 31.9 Å². The van der Waals surface area contributed by atoms with Crippen LogP contribution in [0.3, 0.4) is 0 Å². The number of piperidine rings is 1. The number of carbonyl (C=O) groups is 1. The van der Waals surface area contributed by atoms with Crippen molar-refractivity contribution in [3.05, 3.63) is 46.5 Å². The summed E-state index contributed by atoms with van der Waals surface area (Å²) in [5.74, 6) is -0.107. The number of likely N-dealkylation sites (tertiary alicyclic amines) is 1. The van der Waals surface area contributed by atoms with E-state index in [1.54, 1.807) is 0 Å². The van der Waals surface area contributed by atoms with Crippen LogP contribution in [0.5, 0.6) is 0 Å². The highest BCUT2D eigenvalue weighted by Crippen LogP contribution is 2.21. The fourth-order valence-electron chi connectivity index (χ4n) is 3.29. The van der Waals surface area contributed by atoms with Crippen LogP contribution in [0, 0.1) is 0 Å². The number of ether oxygens (including phenoxy) is 1. The monoisotopic (exact) mass is 371 g/mol. The summed E-state index contributed by atoms with van der Waals surface area (Å²) >= 11 is 6.24. The van der Waals surface area contributed by atoms with Crippen LogP contribution in [-0.2, 0) is 16.0 Å². The maximum atomic E-state index is 11.8. The Kier molecular flexibility index (Phi) is 8.82. The van der Waals surface area contributed by atoms with Crippen LogP contribution in [-0.4, -0.2) is 43.7 Å². The second kappa shape index (κ2) is 10.1. The van der Waals surface area contributed by atoms with Gasteiger partial charge in [-0.3, -0.25) is 0 Å². The summed E-state index contributed by atoms with van der Waals surface area (Å²) < 4.78 is 5.73. The van der Waals surface area contributed by atoms with Crippen molar-refractivity contribution < 1.29 is 26.4 Å². The van der Waals surface area contributed by atoms with E-state index < -0.39 is 0 Å². The molecular formula is C19H27Cl2NO2.